The first-order valence-corrected chi connectivity index (χ1v) is 7.66. The van der Waals surface area contributed by atoms with Crippen LogP contribution in [0.3, 0.4) is 0 Å². The maximum absolute atomic E-state index is 5.64. The number of ether oxygens (including phenoxy) is 2. The van der Waals surface area contributed by atoms with Crippen LogP contribution in [-0.2, 0) is 16.0 Å². The Hall–Kier alpha value is -1.10. The van der Waals surface area contributed by atoms with Gasteiger partial charge in [0.1, 0.15) is 0 Å². The summed E-state index contributed by atoms with van der Waals surface area (Å²) in [5, 5.41) is 3.42. The molecule has 0 spiro atoms. The number of nitrogens with zero attached hydrogens (tertiary/aromatic N) is 1. The van der Waals surface area contributed by atoms with Gasteiger partial charge in [-0.25, -0.2) is 0 Å². The summed E-state index contributed by atoms with van der Waals surface area (Å²) in [6.07, 6.45) is 0.284. The molecule has 0 radical (unpaired) electrons. The van der Waals surface area contributed by atoms with Gasteiger partial charge in [0.15, 0.2) is 0 Å². The van der Waals surface area contributed by atoms with E-state index in [2.05, 4.69) is 56.2 Å². The zero-order valence-corrected chi connectivity index (χ0v) is 14.1. The summed E-state index contributed by atoms with van der Waals surface area (Å²) in [6.45, 7) is 10.4. The summed E-state index contributed by atoms with van der Waals surface area (Å²) in [6, 6.07) is 6.60. The molecule has 4 nitrogen and oxygen atoms in total. The highest BCUT2D eigenvalue weighted by Gasteiger charge is 2.08. The van der Waals surface area contributed by atoms with Crippen molar-refractivity contribution in [1.29, 1.82) is 0 Å². The van der Waals surface area contributed by atoms with E-state index in [1.165, 1.54) is 16.8 Å². The van der Waals surface area contributed by atoms with Crippen LogP contribution < -0.4 is 10.2 Å². The van der Waals surface area contributed by atoms with Crippen molar-refractivity contribution in [3.8, 4) is 0 Å². The van der Waals surface area contributed by atoms with Gasteiger partial charge in [-0.1, -0.05) is 17.7 Å². The maximum Gasteiger partial charge on any atom is 0.0644 e. The van der Waals surface area contributed by atoms with Gasteiger partial charge in [-0.15, -0.1) is 0 Å². The average molecular weight is 294 g/mol. The second-order valence-electron chi connectivity index (χ2n) is 5.64. The molecule has 0 fully saturated rings. The van der Waals surface area contributed by atoms with Gasteiger partial charge in [0.2, 0.25) is 0 Å². The number of hydrogen-bond donors (Lipinski definition) is 1. The second-order valence-corrected chi connectivity index (χ2v) is 5.64. The van der Waals surface area contributed by atoms with E-state index in [1.54, 1.807) is 7.11 Å². The Labute approximate surface area is 129 Å². The van der Waals surface area contributed by atoms with Crippen molar-refractivity contribution in [2.45, 2.75) is 33.4 Å². The summed E-state index contributed by atoms with van der Waals surface area (Å²) in [5.74, 6) is 0. The molecule has 120 valence electrons. The van der Waals surface area contributed by atoms with Crippen LogP contribution in [0.15, 0.2) is 18.2 Å². The lowest BCUT2D eigenvalue weighted by Gasteiger charge is -2.23. The Kier molecular flexibility index (Phi) is 8.35. The molecule has 0 amide bonds. The highest BCUT2D eigenvalue weighted by Crippen LogP contribution is 2.20. The van der Waals surface area contributed by atoms with Crippen molar-refractivity contribution >= 4 is 5.69 Å². The molecule has 1 aromatic rings. The lowest BCUT2D eigenvalue weighted by Crippen LogP contribution is -2.26. The third kappa shape index (κ3) is 6.93. The third-order valence-corrected chi connectivity index (χ3v) is 3.32. The quantitative estimate of drug-likeness (QED) is 0.673. The average Bonchev–Trinajstić information content (AvgIpc) is 2.43. The van der Waals surface area contributed by atoms with Gasteiger partial charge in [0.05, 0.1) is 19.3 Å². The van der Waals surface area contributed by atoms with Crippen LogP contribution in [0.5, 0.6) is 0 Å². The Morgan fingerprint density at radius 3 is 2.67 bits per heavy atom. The third-order valence-electron chi connectivity index (χ3n) is 3.32. The Morgan fingerprint density at radius 1 is 1.24 bits per heavy atom. The Bertz CT molecular complexity index is 408. The molecular formula is C17H30N2O2. The molecular weight excluding hydrogens is 264 g/mol. The molecule has 0 saturated carbocycles. The zero-order valence-electron chi connectivity index (χ0n) is 14.1. The van der Waals surface area contributed by atoms with E-state index in [-0.39, 0.29) is 6.10 Å². The summed E-state index contributed by atoms with van der Waals surface area (Å²) >= 11 is 0. The van der Waals surface area contributed by atoms with Gasteiger partial charge in [0.25, 0.3) is 0 Å². The molecule has 21 heavy (non-hydrogen) atoms. The number of anilines is 1. The van der Waals surface area contributed by atoms with Crippen LogP contribution in [0.4, 0.5) is 5.69 Å². The smallest absolute Gasteiger partial charge is 0.0644 e. The van der Waals surface area contributed by atoms with Crippen LogP contribution in [0.1, 0.15) is 25.0 Å². The molecule has 1 N–H and O–H groups in total. The molecule has 0 aliphatic carbocycles. The first-order valence-electron chi connectivity index (χ1n) is 7.66. The highest BCUT2D eigenvalue weighted by molar-refractivity contribution is 5.54. The SMILES string of the molecule is COCCNCc1cc(C)ccc1N(C)CCOC(C)C. The lowest BCUT2D eigenvalue weighted by molar-refractivity contribution is 0.0846. The molecule has 0 saturated heterocycles. The molecule has 0 aliphatic heterocycles. The van der Waals surface area contributed by atoms with Crippen LogP contribution in [-0.4, -0.2) is 46.6 Å². The first kappa shape index (κ1) is 18.0. The summed E-state index contributed by atoms with van der Waals surface area (Å²) in [5.41, 5.74) is 3.87. The minimum Gasteiger partial charge on any atom is -0.383 e. The fraction of sp³-hybridized carbons (Fsp3) is 0.647. The standard InChI is InChI=1S/C17H30N2O2/c1-14(2)21-11-9-19(4)17-7-6-15(3)12-16(17)13-18-8-10-20-5/h6-7,12,14,18H,8-11,13H2,1-5H3. The van der Waals surface area contributed by atoms with E-state index < -0.39 is 0 Å². The van der Waals surface area contributed by atoms with E-state index in [0.717, 1.165) is 32.8 Å². The molecule has 0 aliphatic rings. The van der Waals surface area contributed by atoms with E-state index in [1.807, 2.05) is 0 Å². The number of benzene rings is 1. The maximum atomic E-state index is 5.64. The monoisotopic (exact) mass is 294 g/mol. The van der Waals surface area contributed by atoms with Gasteiger partial charge in [0, 0.05) is 39.5 Å². The molecule has 4 heteroatoms. The van der Waals surface area contributed by atoms with Crippen molar-refractivity contribution in [3.05, 3.63) is 29.3 Å². The van der Waals surface area contributed by atoms with E-state index in [0.29, 0.717) is 0 Å². The normalized spacial score (nSPS) is 11.1. The molecule has 0 atom stereocenters. The van der Waals surface area contributed by atoms with Crippen molar-refractivity contribution in [2.75, 3.05) is 45.4 Å². The predicted octanol–water partition coefficient (Wildman–Crippen LogP) is 2.59. The summed E-state index contributed by atoms with van der Waals surface area (Å²) < 4.78 is 10.7. The lowest BCUT2D eigenvalue weighted by atomic mass is 10.1. The molecule has 1 aromatic carbocycles. The summed E-state index contributed by atoms with van der Waals surface area (Å²) in [4.78, 5) is 2.26. The van der Waals surface area contributed by atoms with Gasteiger partial charge in [-0.3, -0.25) is 0 Å². The van der Waals surface area contributed by atoms with E-state index in [9.17, 15) is 0 Å². The van der Waals surface area contributed by atoms with Gasteiger partial charge in [-0.2, -0.15) is 0 Å². The second kappa shape index (κ2) is 9.77. The van der Waals surface area contributed by atoms with E-state index in [4.69, 9.17) is 9.47 Å². The van der Waals surface area contributed by atoms with Crippen LogP contribution in [0, 0.1) is 6.92 Å². The number of rotatable bonds is 10. The van der Waals surface area contributed by atoms with Gasteiger partial charge in [-0.05, 0) is 32.4 Å². The number of likely N-dealkylation sites (N-methyl/N-ethyl adjacent to an activating group) is 1. The minimum atomic E-state index is 0.284. The number of aryl methyl sites for hydroxylation is 1. The van der Waals surface area contributed by atoms with Crippen LogP contribution >= 0.6 is 0 Å². The van der Waals surface area contributed by atoms with Crippen molar-refractivity contribution in [1.82, 2.24) is 5.32 Å². The number of hydrogen-bond acceptors (Lipinski definition) is 4. The first-order chi connectivity index (χ1) is 10.0. The molecule has 0 aromatic heterocycles. The molecule has 0 unspecified atom stereocenters. The fourth-order valence-electron chi connectivity index (χ4n) is 2.17. The van der Waals surface area contributed by atoms with Crippen molar-refractivity contribution in [2.24, 2.45) is 0 Å². The van der Waals surface area contributed by atoms with E-state index >= 15 is 0 Å². The van der Waals surface area contributed by atoms with Gasteiger partial charge < -0.3 is 19.7 Å². The fourth-order valence-corrected chi connectivity index (χ4v) is 2.17. The summed E-state index contributed by atoms with van der Waals surface area (Å²) in [7, 11) is 3.84. The van der Waals surface area contributed by atoms with Crippen molar-refractivity contribution in [3.63, 3.8) is 0 Å². The highest BCUT2D eigenvalue weighted by atomic mass is 16.5. The minimum absolute atomic E-state index is 0.284. The zero-order chi connectivity index (χ0) is 15.7. The predicted molar refractivity (Wildman–Crippen MR) is 89.1 cm³/mol. The molecule has 1 rings (SSSR count). The van der Waals surface area contributed by atoms with Crippen molar-refractivity contribution < 1.29 is 9.47 Å². The largest absolute Gasteiger partial charge is 0.383 e. The van der Waals surface area contributed by atoms with Crippen LogP contribution in [0.25, 0.3) is 0 Å². The molecule has 0 heterocycles. The molecule has 0 bridgehead atoms. The van der Waals surface area contributed by atoms with Crippen LogP contribution in [0.2, 0.25) is 0 Å². The number of nitrogens with one attached hydrogen (secondary N) is 1. The topological polar surface area (TPSA) is 33.7 Å². The Balaban J connectivity index is 2.62. The number of methoxy groups -OCH3 is 1. The van der Waals surface area contributed by atoms with Gasteiger partial charge >= 0.3 is 0 Å². The Morgan fingerprint density at radius 2 is 2.00 bits per heavy atom.